The summed E-state index contributed by atoms with van der Waals surface area (Å²) in [6.07, 6.45) is 4.25. The monoisotopic (exact) mass is 395 g/mol. The maximum Gasteiger partial charge on any atom is 0.272 e. The third kappa shape index (κ3) is 4.09. The maximum absolute atomic E-state index is 12.8. The van der Waals surface area contributed by atoms with Gasteiger partial charge in [0, 0.05) is 30.2 Å². The molecule has 0 spiro atoms. The highest BCUT2D eigenvalue weighted by atomic mass is 35.5. The molecule has 28 heavy (non-hydrogen) atoms. The van der Waals surface area contributed by atoms with E-state index in [2.05, 4.69) is 9.97 Å². The summed E-state index contributed by atoms with van der Waals surface area (Å²) >= 11 is 6.24. The lowest BCUT2D eigenvalue weighted by Crippen LogP contribution is -2.39. The predicted molar refractivity (Wildman–Crippen MR) is 108 cm³/mol. The Morgan fingerprint density at radius 1 is 1.25 bits per heavy atom. The number of hydrogen-bond donors (Lipinski definition) is 0. The van der Waals surface area contributed by atoms with Crippen LogP contribution in [0.15, 0.2) is 53.1 Å². The Labute approximate surface area is 169 Å². The Kier molecular flexibility index (Phi) is 5.44. The van der Waals surface area contributed by atoms with Crippen LogP contribution in [0.1, 0.15) is 52.2 Å². The number of carbonyl (C=O) groups excluding carboxylic acids is 1. The van der Waals surface area contributed by atoms with E-state index in [-0.39, 0.29) is 11.8 Å². The van der Waals surface area contributed by atoms with E-state index in [1.807, 2.05) is 48.2 Å². The molecule has 0 aliphatic carbocycles. The van der Waals surface area contributed by atoms with Crippen molar-refractivity contribution in [3.8, 4) is 0 Å². The summed E-state index contributed by atoms with van der Waals surface area (Å²) in [5, 5.41) is 0.723. The zero-order valence-electron chi connectivity index (χ0n) is 15.8. The minimum atomic E-state index is -0.0313. The summed E-state index contributed by atoms with van der Waals surface area (Å²) in [7, 11) is 0. The number of nitrogens with zero attached hydrogens (tertiary/aromatic N) is 3. The summed E-state index contributed by atoms with van der Waals surface area (Å²) < 4.78 is 6.01. The highest BCUT2D eigenvalue weighted by Gasteiger charge is 2.29. The first-order valence-corrected chi connectivity index (χ1v) is 9.89. The summed E-state index contributed by atoms with van der Waals surface area (Å²) in [6, 6.07) is 13.3. The van der Waals surface area contributed by atoms with Crippen LogP contribution in [-0.4, -0.2) is 33.9 Å². The average Bonchev–Trinajstić information content (AvgIpc) is 3.18. The van der Waals surface area contributed by atoms with Crippen molar-refractivity contribution in [3.63, 3.8) is 0 Å². The molecule has 1 amide bonds. The van der Waals surface area contributed by atoms with E-state index >= 15 is 0 Å². The highest BCUT2D eigenvalue weighted by Crippen LogP contribution is 2.28. The summed E-state index contributed by atoms with van der Waals surface area (Å²) in [6.45, 7) is 3.22. The van der Waals surface area contributed by atoms with Gasteiger partial charge in [-0.1, -0.05) is 35.9 Å². The first-order chi connectivity index (χ1) is 13.6. The van der Waals surface area contributed by atoms with Gasteiger partial charge in [-0.2, -0.15) is 0 Å². The van der Waals surface area contributed by atoms with E-state index in [4.69, 9.17) is 16.0 Å². The second-order valence-electron chi connectivity index (χ2n) is 7.19. The fourth-order valence-corrected chi connectivity index (χ4v) is 3.81. The standard InChI is InChI=1S/C22H22ClN3O2/c1-15-6-4-10-20(25-15)22(27)26-11-5-8-17(14-26)21-24-13-18(28-21)12-16-7-2-3-9-19(16)23/h2-4,6-7,9-10,13,17H,5,8,11-12,14H2,1H3. The Morgan fingerprint density at radius 2 is 2.11 bits per heavy atom. The van der Waals surface area contributed by atoms with Gasteiger partial charge in [0.05, 0.1) is 12.1 Å². The van der Waals surface area contributed by atoms with Gasteiger partial charge in [0.2, 0.25) is 0 Å². The van der Waals surface area contributed by atoms with Crippen LogP contribution in [0.25, 0.3) is 0 Å². The fraction of sp³-hybridized carbons (Fsp3) is 0.318. The Bertz CT molecular complexity index is 985. The Balaban J connectivity index is 1.46. The molecule has 1 aliphatic rings. The van der Waals surface area contributed by atoms with Gasteiger partial charge < -0.3 is 9.32 Å². The number of halogens is 1. The Hall–Kier alpha value is -2.66. The molecule has 1 unspecified atom stereocenters. The largest absolute Gasteiger partial charge is 0.445 e. The molecular weight excluding hydrogens is 374 g/mol. The number of benzene rings is 1. The lowest BCUT2D eigenvalue weighted by molar-refractivity contribution is 0.0691. The van der Waals surface area contributed by atoms with Crippen molar-refractivity contribution in [2.75, 3.05) is 13.1 Å². The molecule has 1 fully saturated rings. The number of aromatic nitrogens is 2. The van der Waals surface area contributed by atoms with Gasteiger partial charge in [-0.3, -0.25) is 4.79 Å². The van der Waals surface area contributed by atoms with E-state index < -0.39 is 0 Å². The zero-order valence-corrected chi connectivity index (χ0v) is 16.5. The molecule has 0 N–H and O–H groups in total. The van der Waals surface area contributed by atoms with Crippen LogP contribution in [0.3, 0.4) is 0 Å². The summed E-state index contributed by atoms with van der Waals surface area (Å²) in [4.78, 5) is 23.5. The van der Waals surface area contributed by atoms with E-state index in [1.54, 1.807) is 12.3 Å². The van der Waals surface area contributed by atoms with E-state index in [0.717, 1.165) is 41.4 Å². The quantitative estimate of drug-likeness (QED) is 0.645. The van der Waals surface area contributed by atoms with Crippen molar-refractivity contribution in [1.82, 2.24) is 14.9 Å². The fourth-order valence-electron chi connectivity index (χ4n) is 3.61. The normalized spacial score (nSPS) is 16.9. The lowest BCUT2D eigenvalue weighted by Gasteiger charge is -2.31. The molecule has 0 bridgehead atoms. The number of pyridine rings is 1. The molecule has 4 rings (SSSR count). The van der Waals surface area contributed by atoms with Crippen molar-refractivity contribution < 1.29 is 9.21 Å². The van der Waals surface area contributed by atoms with Gasteiger partial charge in [0.15, 0.2) is 5.89 Å². The van der Waals surface area contributed by atoms with Crippen LogP contribution in [0.5, 0.6) is 0 Å². The minimum absolute atomic E-state index is 0.0313. The molecule has 0 radical (unpaired) electrons. The predicted octanol–water partition coefficient (Wildman–Crippen LogP) is 4.64. The first kappa shape index (κ1) is 18.7. The van der Waals surface area contributed by atoms with Crippen LogP contribution in [0.2, 0.25) is 5.02 Å². The molecule has 1 atom stereocenters. The van der Waals surface area contributed by atoms with Crippen molar-refractivity contribution in [2.24, 2.45) is 0 Å². The van der Waals surface area contributed by atoms with Crippen LogP contribution in [-0.2, 0) is 6.42 Å². The SMILES string of the molecule is Cc1cccc(C(=O)N2CCCC(c3ncc(Cc4ccccc4Cl)o3)C2)n1. The summed E-state index contributed by atoms with van der Waals surface area (Å²) in [5.74, 6) is 1.54. The second kappa shape index (κ2) is 8.15. The molecule has 144 valence electrons. The first-order valence-electron chi connectivity index (χ1n) is 9.51. The molecule has 3 aromatic rings. The molecule has 1 saturated heterocycles. The average molecular weight is 396 g/mol. The van der Waals surface area contributed by atoms with Crippen molar-refractivity contribution >= 4 is 17.5 Å². The van der Waals surface area contributed by atoms with Crippen molar-refractivity contribution in [1.29, 1.82) is 0 Å². The number of aryl methyl sites for hydroxylation is 1. The van der Waals surface area contributed by atoms with Crippen molar-refractivity contribution in [2.45, 2.75) is 32.1 Å². The number of oxazole rings is 1. The molecular formula is C22H22ClN3O2. The Morgan fingerprint density at radius 3 is 2.93 bits per heavy atom. The molecule has 1 aromatic carbocycles. The molecule has 3 heterocycles. The van der Waals surface area contributed by atoms with Gasteiger partial charge in [0.25, 0.3) is 5.91 Å². The van der Waals surface area contributed by atoms with Gasteiger partial charge in [-0.25, -0.2) is 9.97 Å². The van der Waals surface area contributed by atoms with Gasteiger partial charge in [-0.15, -0.1) is 0 Å². The van der Waals surface area contributed by atoms with Gasteiger partial charge in [-0.05, 0) is 43.5 Å². The molecule has 2 aromatic heterocycles. The zero-order chi connectivity index (χ0) is 19.5. The maximum atomic E-state index is 12.8. The number of carbonyl (C=O) groups is 1. The van der Waals surface area contributed by atoms with Gasteiger partial charge >= 0.3 is 0 Å². The van der Waals surface area contributed by atoms with Crippen LogP contribution in [0.4, 0.5) is 0 Å². The highest BCUT2D eigenvalue weighted by molar-refractivity contribution is 6.31. The minimum Gasteiger partial charge on any atom is -0.445 e. The molecule has 6 heteroatoms. The van der Waals surface area contributed by atoms with E-state index in [0.29, 0.717) is 24.6 Å². The van der Waals surface area contributed by atoms with Crippen LogP contribution >= 0.6 is 11.6 Å². The van der Waals surface area contributed by atoms with Crippen LogP contribution < -0.4 is 0 Å². The number of amides is 1. The number of rotatable bonds is 4. The summed E-state index contributed by atoms with van der Waals surface area (Å²) in [5.41, 5.74) is 2.35. The van der Waals surface area contributed by atoms with E-state index in [1.165, 1.54) is 0 Å². The van der Waals surface area contributed by atoms with Crippen LogP contribution in [0, 0.1) is 6.92 Å². The third-order valence-corrected chi connectivity index (χ3v) is 5.43. The second-order valence-corrected chi connectivity index (χ2v) is 7.59. The lowest BCUT2D eigenvalue weighted by atomic mass is 9.97. The molecule has 5 nitrogen and oxygen atoms in total. The van der Waals surface area contributed by atoms with Crippen molar-refractivity contribution in [3.05, 3.63) is 82.3 Å². The smallest absolute Gasteiger partial charge is 0.272 e. The van der Waals surface area contributed by atoms with Gasteiger partial charge in [0.1, 0.15) is 11.5 Å². The number of piperidine rings is 1. The van der Waals surface area contributed by atoms with E-state index in [9.17, 15) is 4.79 Å². The molecule has 1 aliphatic heterocycles. The third-order valence-electron chi connectivity index (χ3n) is 5.06. The molecule has 0 saturated carbocycles. The number of likely N-dealkylation sites (tertiary alicyclic amines) is 1. The topological polar surface area (TPSA) is 59.2 Å². The number of hydrogen-bond acceptors (Lipinski definition) is 4.